The average Bonchev–Trinajstić information content (AvgIpc) is 3.21. The Morgan fingerprint density at radius 1 is 1.13 bits per heavy atom. The first kappa shape index (κ1) is 21.1. The van der Waals surface area contributed by atoms with Crippen molar-refractivity contribution in [3.8, 4) is 0 Å². The molecule has 0 saturated carbocycles. The van der Waals surface area contributed by atoms with Gasteiger partial charge in [0.15, 0.2) is 0 Å². The minimum atomic E-state index is -3.69. The molecule has 1 aromatic carbocycles. The number of nitrogens with two attached hydrogens (primary N) is 1. The van der Waals surface area contributed by atoms with Crippen LogP contribution in [0.25, 0.3) is 10.2 Å². The van der Waals surface area contributed by atoms with Gasteiger partial charge in [-0.05, 0) is 23.4 Å². The Labute approximate surface area is 179 Å². The fourth-order valence-electron chi connectivity index (χ4n) is 4.01. The normalized spacial score (nSPS) is 17.4. The maximum Gasteiger partial charge on any atom is 0.276 e. The number of hydrogen-bond donors (Lipinski definition) is 1. The van der Waals surface area contributed by atoms with Gasteiger partial charge in [-0.3, -0.25) is 14.3 Å². The topological polar surface area (TPSA) is 102 Å². The summed E-state index contributed by atoms with van der Waals surface area (Å²) in [5.41, 5.74) is 0.993. The Morgan fingerprint density at radius 3 is 2.47 bits per heavy atom. The fourth-order valence-corrected chi connectivity index (χ4v) is 5.45. The first-order valence-electron chi connectivity index (χ1n) is 9.92. The van der Waals surface area contributed by atoms with Gasteiger partial charge in [-0.1, -0.05) is 37.3 Å². The minimum Gasteiger partial charge on any atom is -0.291 e. The number of rotatable bonds is 6. The summed E-state index contributed by atoms with van der Waals surface area (Å²) < 4.78 is 26.4. The highest BCUT2D eigenvalue weighted by molar-refractivity contribution is 7.86. The van der Waals surface area contributed by atoms with E-state index < -0.39 is 10.2 Å². The van der Waals surface area contributed by atoms with Crippen molar-refractivity contribution in [3.63, 3.8) is 0 Å². The van der Waals surface area contributed by atoms with Crippen molar-refractivity contribution in [2.45, 2.75) is 25.9 Å². The van der Waals surface area contributed by atoms with E-state index in [-0.39, 0.29) is 11.6 Å². The lowest BCUT2D eigenvalue weighted by atomic mass is 10.1. The number of hydrogen-bond acceptors (Lipinski definition) is 6. The van der Waals surface area contributed by atoms with E-state index in [1.54, 1.807) is 4.57 Å². The molecule has 3 heterocycles. The maximum atomic E-state index is 13.3. The van der Waals surface area contributed by atoms with E-state index in [0.717, 1.165) is 22.6 Å². The van der Waals surface area contributed by atoms with Gasteiger partial charge in [0, 0.05) is 26.2 Å². The molecular formula is C20H25N5O3S2. The van der Waals surface area contributed by atoms with Crippen LogP contribution in [0.1, 0.15) is 30.8 Å². The van der Waals surface area contributed by atoms with Crippen LogP contribution < -0.4 is 10.7 Å². The first-order chi connectivity index (χ1) is 14.4. The highest BCUT2D eigenvalue weighted by atomic mass is 32.2. The SMILES string of the molecule is CCC(c1nc2sccc2c(=O)n1Cc1ccccc1)N1CCN(S(N)(=O)=O)CC1. The van der Waals surface area contributed by atoms with Crippen molar-refractivity contribution in [1.82, 2.24) is 18.8 Å². The van der Waals surface area contributed by atoms with Gasteiger partial charge in [-0.25, -0.2) is 10.1 Å². The lowest BCUT2D eigenvalue weighted by molar-refractivity contribution is 0.126. The smallest absolute Gasteiger partial charge is 0.276 e. The Morgan fingerprint density at radius 2 is 1.83 bits per heavy atom. The third kappa shape index (κ3) is 4.19. The molecule has 1 atom stereocenters. The zero-order valence-electron chi connectivity index (χ0n) is 16.8. The predicted octanol–water partition coefficient (Wildman–Crippen LogP) is 1.78. The van der Waals surface area contributed by atoms with Gasteiger partial charge >= 0.3 is 0 Å². The van der Waals surface area contributed by atoms with E-state index in [9.17, 15) is 13.2 Å². The lowest BCUT2D eigenvalue weighted by Gasteiger charge is -2.38. The van der Waals surface area contributed by atoms with Crippen LogP contribution in [-0.4, -0.2) is 53.4 Å². The molecule has 0 amide bonds. The molecule has 0 radical (unpaired) electrons. The average molecular weight is 448 g/mol. The van der Waals surface area contributed by atoms with E-state index in [2.05, 4.69) is 11.8 Å². The van der Waals surface area contributed by atoms with Crippen molar-refractivity contribution < 1.29 is 8.42 Å². The summed E-state index contributed by atoms with van der Waals surface area (Å²) in [7, 11) is -3.69. The fraction of sp³-hybridized carbons (Fsp3) is 0.400. The number of fused-ring (bicyclic) bond motifs is 1. The summed E-state index contributed by atoms with van der Waals surface area (Å²) in [5.74, 6) is 0.727. The zero-order chi connectivity index (χ0) is 21.3. The second-order valence-electron chi connectivity index (χ2n) is 7.39. The molecule has 1 unspecified atom stereocenters. The van der Waals surface area contributed by atoms with E-state index in [0.29, 0.717) is 38.1 Å². The summed E-state index contributed by atoms with van der Waals surface area (Å²) in [5, 5.41) is 7.80. The molecular weight excluding hydrogens is 422 g/mol. The summed E-state index contributed by atoms with van der Waals surface area (Å²) in [4.78, 5) is 21.1. The number of aromatic nitrogens is 2. The van der Waals surface area contributed by atoms with Crippen LogP contribution in [0, 0.1) is 0 Å². The molecule has 1 fully saturated rings. The maximum absolute atomic E-state index is 13.3. The number of piperazine rings is 1. The second kappa shape index (κ2) is 8.56. The molecule has 1 aliphatic heterocycles. The Kier molecular flexibility index (Phi) is 6.03. The van der Waals surface area contributed by atoms with Gasteiger partial charge in [0.25, 0.3) is 15.8 Å². The summed E-state index contributed by atoms with van der Waals surface area (Å²) in [6.07, 6.45) is 0.757. The second-order valence-corrected chi connectivity index (χ2v) is 9.83. The van der Waals surface area contributed by atoms with Crippen molar-refractivity contribution in [1.29, 1.82) is 0 Å². The van der Waals surface area contributed by atoms with E-state index in [1.807, 2.05) is 41.8 Å². The standard InChI is InChI=1S/C20H25N5O3S2/c1-2-17(23-9-11-24(12-10-23)30(21,27)28)18-22-19-16(8-13-29-19)20(26)25(18)14-15-6-4-3-5-7-15/h3-8,13,17H,2,9-12,14H2,1H3,(H2,21,27,28). The van der Waals surface area contributed by atoms with Crippen molar-refractivity contribution >= 4 is 31.8 Å². The van der Waals surface area contributed by atoms with Crippen LogP contribution in [0.3, 0.4) is 0 Å². The summed E-state index contributed by atoms with van der Waals surface area (Å²) in [6, 6.07) is 11.6. The summed E-state index contributed by atoms with van der Waals surface area (Å²) >= 11 is 1.46. The largest absolute Gasteiger partial charge is 0.291 e. The number of nitrogens with zero attached hydrogens (tertiary/aromatic N) is 4. The van der Waals surface area contributed by atoms with Gasteiger partial charge in [-0.2, -0.15) is 12.7 Å². The van der Waals surface area contributed by atoms with Crippen LogP contribution >= 0.6 is 11.3 Å². The highest BCUT2D eigenvalue weighted by Gasteiger charge is 2.30. The van der Waals surface area contributed by atoms with Gasteiger partial charge < -0.3 is 0 Å². The van der Waals surface area contributed by atoms with Crippen LogP contribution in [0.5, 0.6) is 0 Å². The molecule has 8 nitrogen and oxygen atoms in total. The van der Waals surface area contributed by atoms with Crippen molar-refractivity contribution in [3.05, 3.63) is 63.5 Å². The molecule has 30 heavy (non-hydrogen) atoms. The molecule has 2 aromatic heterocycles. The molecule has 160 valence electrons. The molecule has 10 heteroatoms. The van der Waals surface area contributed by atoms with E-state index in [1.165, 1.54) is 15.6 Å². The Hall–Kier alpha value is -2.11. The Bertz CT molecular complexity index is 1180. The highest BCUT2D eigenvalue weighted by Crippen LogP contribution is 2.27. The molecule has 2 N–H and O–H groups in total. The third-order valence-electron chi connectivity index (χ3n) is 5.56. The van der Waals surface area contributed by atoms with Gasteiger partial charge in [-0.15, -0.1) is 11.3 Å². The van der Waals surface area contributed by atoms with Crippen LogP contribution in [0.15, 0.2) is 46.6 Å². The van der Waals surface area contributed by atoms with Crippen LogP contribution in [0.4, 0.5) is 0 Å². The Balaban J connectivity index is 1.72. The lowest BCUT2D eigenvalue weighted by Crippen LogP contribution is -2.52. The van der Waals surface area contributed by atoms with Gasteiger partial charge in [0.05, 0.1) is 18.0 Å². The molecule has 1 aliphatic rings. The van der Waals surface area contributed by atoms with Crippen molar-refractivity contribution in [2.24, 2.45) is 5.14 Å². The monoisotopic (exact) mass is 447 g/mol. The van der Waals surface area contributed by atoms with Crippen molar-refractivity contribution in [2.75, 3.05) is 26.2 Å². The van der Waals surface area contributed by atoms with Crippen LogP contribution in [-0.2, 0) is 16.8 Å². The van der Waals surface area contributed by atoms with Gasteiger partial charge in [0.2, 0.25) is 0 Å². The number of thiophene rings is 1. The van der Waals surface area contributed by atoms with E-state index >= 15 is 0 Å². The predicted molar refractivity (Wildman–Crippen MR) is 119 cm³/mol. The summed E-state index contributed by atoms with van der Waals surface area (Å²) in [6.45, 7) is 4.26. The zero-order valence-corrected chi connectivity index (χ0v) is 18.4. The third-order valence-corrected chi connectivity index (χ3v) is 7.45. The molecule has 4 rings (SSSR count). The molecule has 3 aromatic rings. The van der Waals surface area contributed by atoms with Crippen LogP contribution in [0.2, 0.25) is 0 Å². The minimum absolute atomic E-state index is 0.0401. The first-order valence-corrected chi connectivity index (χ1v) is 12.3. The molecule has 1 saturated heterocycles. The number of benzene rings is 1. The van der Waals surface area contributed by atoms with E-state index in [4.69, 9.17) is 10.1 Å². The molecule has 0 spiro atoms. The molecule has 0 aliphatic carbocycles. The van der Waals surface area contributed by atoms with Gasteiger partial charge in [0.1, 0.15) is 10.7 Å². The molecule has 0 bridgehead atoms. The quantitative estimate of drug-likeness (QED) is 0.621.